The van der Waals surface area contributed by atoms with Gasteiger partial charge in [0.15, 0.2) is 6.10 Å². The van der Waals surface area contributed by atoms with Crippen LogP contribution in [0.1, 0.15) is 22.8 Å². The van der Waals surface area contributed by atoms with Gasteiger partial charge in [-0.3, -0.25) is 4.79 Å². The number of amides is 1. The van der Waals surface area contributed by atoms with Gasteiger partial charge in [-0.15, -0.1) is 0 Å². The van der Waals surface area contributed by atoms with Gasteiger partial charge in [0.2, 0.25) is 0 Å². The fourth-order valence-electron chi connectivity index (χ4n) is 2.01. The van der Waals surface area contributed by atoms with Gasteiger partial charge in [0.05, 0.1) is 12.7 Å². The molecule has 24 heavy (non-hydrogen) atoms. The molecule has 6 heteroatoms. The van der Waals surface area contributed by atoms with Gasteiger partial charge >= 0.3 is 5.97 Å². The molecule has 0 aliphatic rings. The predicted octanol–water partition coefficient (Wildman–Crippen LogP) is 3.95. The molecule has 2 aromatic carbocycles. The van der Waals surface area contributed by atoms with Crippen LogP contribution in [0.15, 0.2) is 46.9 Å². The summed E-state index contributed by atoms with van der Waals surface area (Å²) >= 11 is 3.32. The second kappa shape index (κ2) is 7.97. The molecular formula is C18H18BrNO4. The minimum atomic E-state index is -0.923. The van der Waals surface area contributed by atoms with Gasteiger partial charge in [-0.05, 0) is 55.8 Å². The van der Waals surface area contributed by atoms with Crippen molar-refractivity contribution in [1.82, 2.24) is 0 Å². The van der Waals surface area contributed by atoms with Crippen molar-refractivity contribution in [1.29, 1.82) is 0 Å². The molecule has 2 rings (SSSR count). The molecule has 0 spiro atoms. The van der Waals surface area contributed by atoms with Crippen LogP contribution in [0.5, 0.6) is 5.75 Å². The van der Waals surface area contributed by atoms with E-state index in [1.165, 1.54) is 14.0 Å². The summed E-state index contributed by atoms with van der Waals surface area (Å²) in [6.45, 7) is 3.40. The van der Waals surface area contributed by atoms with Crippen molar-refractivity contribution >= 4 is 33.5 Å². The van der Waals surface area contributed by atoms with Crippen LogP contribution in [0, 0.1) is 6.92 Å². The van der Waals surface area contributed by atoms with Crippen molar-refractivity contribution in [3.8, 4) is 5.75 Å². The average Bonchev–Trinajstić information content (AvgIpc) is 2.57. The summed E-state index contributed by atoms with van der Waals surface area (Å²) in [6, 6.07) is 12.1. The quantitative estimate of drug-likeness (QED) is 0.783. The first kappa shape index (κ1) is 18.0. The summed E-state index contributed by atoms with van der Waals surface area (Å²) < 4.78 is 11.3. The number of benzene rings is 2. The number of esters is 1. The zero-order chi connectivity index (χ0) is 17.7. The van der Waals surface area contributed by atoms with Gasteiger partial charge in [0.1, 0.15) is 5.75 Å². The minimum absolute atomic E-state index is 0.334. The highest BCUT2D eigenvalue weighted by Gasteiger charge is 2.19. The molecule has 0 aliphatic carbocycles. The Morgan fingerprint density at radius 3 is 2.42 bits per heavy atom. The van der Waals surface area contributed by atoms with E-state index < -0.39 is 18.0 Å². The number of aryl methyl sites for hydroxylation is 1. The van der Waals surface area contributed by atoms with Crippen molar-refractivity contribution in [2.75, 3.05) is 12.4 Å². The zero-order valence-electron chi connectivity index (χ0n) is 13.6. The Morgan fingerprint density at radius 2 is 1.79 bits per heavy atom. The van der Waals surface area contributed by atoms with Crippen LogP contribution in [-0.4, -0.2) is 25.1 Å². The number of nitrogens with one attached hydrogen (secondary N) is 1. The first-order valence-electron chi connectivity index (χ1n) is 7.32. The first-order chi connectivity index (χ1) is 11.4. The van der Waals surface area contributed by atoms with Crippen LogP contribution in [0.25, 0.3) is 0 Å². The molecule has 0 fully saturated rings. The van der Waals surface area contributed by atoms with Crippen LogP contribution in [0.2, 0.25) is 0 Å². The molecule has 1 amide bonds. The lowest BCUT2D eigenvalue weighted by molar-refractivity contribution is -0.123. The molecule has 1 N–H and O–H groups in total. The highest BCUT2D eigenvalue weighted by atomic mass is 79.9. The number of halogens is 1. The Hall–Kier alpha value is -2.34. The molecular weight excluding hydrogens is 374 g/mol. The van der Waals surface area contributed by atoms with Gasteiger partial charge < -0.3 is 14.8 Å². The molecule has 0 saturated carbocycles. The van der Waals surface area contributed by atoms with Gasteiger partial charge in [-0.25, -0.2) is 4.79 Å². The van der Waals surface area contributed by atoms with E-state index in [2.05, 4.69) is 21.2 Å². The predicted molar refractivity (Wildman–Crippen MR) is 95.4 cm³/mol. The fraction of sp³-hybridized carbons (Fsp3) is 0.222. The summed E-state index contributed by atoms with van der Waals surface area (Å²) in [6.07, 6.45) is -0.923. The summed E-state index contributed by atoms with van der Waals surface area (Å²) in [5.41, 5.74) is 1.87. The SMILES string of the molecule is COc1cc(C(=O)OC(C)C(=O)Nc2ccc(Br)cc2)ccc1C. The Balaban J connectivity index is 2.00. The zero-order valence-corrected chi connectivity index (χ0v) is 15.2. The largest absolute Gasteiger partial charge is 0.496 e. The molecule has 126 valence electrons. The molecule has 5 nitrogen and oxygen atoms in total. The molecule has 1 unspecified atom stereocenters. The maximum absolute atomic E-state index is 12.2. The summed E-state index contributed by atoms with van der Waals surface area (Å²) in [7, 11) is 1.53. The smallest absolute Gasteiger partial charge is 0.339 e. The minimum Gasteiger partial charge on any atom is -0.496 e. The van der Waals surface area contributed by atoms with Crippen LogP contribution < -0.4 is 10.1 Å². The van der Waals surface area contributed by atoms with Crippen molar-refractivity contribution in [3.63, 3.8) is 0 Å². The van der Waals surface area contributed by atoms with E-state index >= 15 is 0 Å². The molecule has 0 heterocycles. The Bertz CT molecular complexity index is 743. The topological polar surface area (TPSA) is 64.6 Å². The number of anilines is 1. The number of rotatable bonds is 5. The third kappa shape index (κ3) is 4.58. The standard InChI is InChI=1S/C18H18BrNO4/c1-11-4-5-13(10-16(11)23-3)18(22)24-12(2)17(21)20-15-8-6-14(19)7-9-15/h4-10,12H,1-3H3,(H,20,21). The van der Waals surface area contributed by atoms with Crippen molar-refractivity contribution in [2.24, 2.45) is 0 Å². The number of carbonyl (C=O) groups is 2. The lowest BCUT2D eigenvalue weighted by Gasteiger charge is -2.14. The van der Waals surface area contributed by atoms with Crippen molar-refractivity contribution in [3.05, 3.63) is 58.1 Å². The highest BCUT2D eigenvalue weighted by molar-refractivity contribution is 9.10. The van der Waals surface area contributed by atoms with Crippen LogP contribution in [0.3, 0.4) is 0 Å². The second-order valence-electron chi connectivity index (χ2n) is 5.23. The second-order valence-corrected chi connectivity index (χ2v) is 6.14. The maximum atomic E-state index is 12.2. The van der Waals surface area contributed by atoms with Gasteiger partial charge in [-0.2, -0.15) is 0 Å². The van der Waals surface area contributed by atoms with E-state index in [4.69, 9.17) is 9.47 Å². The third-order valence-electron chi connectivity index (χ3n) is 3.41. The molecule has 0 bridgehead atoms. The maximum Gasteiger partial charge on any atom is 0.339 e. The Morgan fingerprint density at radius 1 is 1.12 bits per heavy atom. The average molecular weight is 392 g/mol. The van der Waals surface area contributed by atoms with E-state index in [0.717, 1.165) is 10.0 Å². The molecule has 0 radical (unpaired) electrons. The summed E-state index contributed by atoms with van der Waals surface area (Å²) in [5.74, 6) is -0.382. The van der Waals surface area contributed by atoms with E-state index in [-0.39, 0.29) is 0 Å². The van der Waals surface area contributed by atoms with E-state index in [1.54, 1.807) is 30.3 Å². The molecule has 0 aromatic heterocycles. The highest BCUT2D eigenvalue weighted by Crippen LogP contribution is 2.20. The number of methoxy groups -OCH3 is 1. The lowest BCUT2D eigenvalue weighted by atomic mass is 10.1. The number of hydrogen-bond acceptors (Lipinski definition) is 4. The van der Waals surface area contributed by atoms with Gasteiger partial charge in [0, 0.05) is 10.2 Å². The van der Waals surface area contributed by atoms with Gasteiger partial charge in [0.25, 0.3) is 5.91 Å². The molecule has 0 aliphatic heterocycles. The van der Waals surface area contributed by atoms with Crippen molar-refractivity contribution in [2.45, 2.75) is 20.0 Å². The number of ether oxygens (including phenoxy) is 2. The van der Waals surface area contributed by atoms with E-state index in [1.807, 2.05) is 19.1 Å². The fourth-order valence-corrected chi connectivity index (χ4v) is 2.27. The van der Waals surface area contributed by atoms with Crippen molar-refractivity contribution < 1.29 is 19.1 Å². The van der Waals surface area contributed by atoms with Crippen LogP contribution >= 0.6 is 15.9 Å². The van der Waals surface area contributed by atoms with E-state index in [0.29, 0.717) is 17.0 Å². The molecule has 0 saturated heterocycles. The lowest BCUT2D eigenvalue weighted by Crippen LogP contribution is -2.30. The van der Waals surface area contributed by atoms with Crippen LogP contribution in [0.4, 0.5) is 5.69 Å². The number of hydrogen-bond donors (Lipinski definition) is 1. The molecule has 2 aromatic rings. The Labute approximate surface area is 149 Å². The first-order valence-corrected chi connectivity index (χ1v) is 8.12. The monoisotopic (exact) mass is 391 g/mol. The summed E-state index contributed by atoms with van der Waals surface area (Å²) in [5, 5.41) is 2.70. The molecule has 1 atom stereocenters. The Kier molecular flexibility index (Phi) is 5.98. The van der Waals surface area contributed by atoms with Gasteiger partial charge in [-0.1, -0.05) is 22.0 Å². The normalized spacial score (nSPS) is 11.5. The van der Waals surface area contributed by atoms with Crippen LogP contribution in [-0.2, 0) is 9.53 Å². The summed E-state index contributed by atoms with van der Waals surface area (Å²) in [4.78, 5) is 24.3. The number of carbonyl (C=O) groups excluding carboxylic acids is 2. The van der Waals surface area contributed by atoms with E-state index in [9.17, 15) is 9.59 Å². The third-order valence-corrected chi connectivity index (χ3v) is 3.94.